The maximum Gasteiger partial charge on any atom is 0.191 e. The fraction of sp³-hybridized carbons (Fsp3) is 0.389. The summed E-state index contributed by atoms with van der Waals surface area (Å²) in [5.41, 5.74) is 2.09. The van der Waals surface area contributed by atoms with Gasteiger partial charge >= 0.3 is 0 Å². The molecule has 1 unspecified atom stereocenters. The van der Waals surface area contributed by atoms with Crippen LogP contribution in [0.2, 0.25) is 0 Å². The van der Waals surface area contributed by atoms with Crippen LogP contribution in [0.15, 0.2) is 40.0 Å². The highest BCUT2D eigenvalue weighted by Gasteiger charge is 2.20. The zero-order valence-electron chi connectivity index (χ0n) is 14.5. The zero-order valence-corrected chi connectivity index (χ0v) is 14.5. The summed E-state index contributed by atoms with van der Waals surface area (Å²) >= 11 is 0. The van der Waals surface area contributed by atoms with Gasteiger partial charge < -0.3 is 15.1 Å². The van der Waals surface area contributed by atoms with Crippen LogP contribution in [0.3, 0.4) is 0 Å². The van der Waals surface area contributed by atoms with E-state index in [0.29, 0.717) is 6.54 Å². The quantitative estimate of drug-likeness (QED) is 0.564. The number of nitrogens with zero attached hydrogens (tertiary/aromatic N) is 4. The number of guanidine groups is 1. The molecule has 1 atom stereocenters. The van der Waals surface area contributed by atoms with Gasteiger partial charge in [0.2, 0.25) is 0 Å². The second kappa shape index (κ2) is 6.58. The van der Waals surface area contributed by atoms with Gasteiger partial charge in [0.15, 0.2) is 5.96 Å². The Balaban J connectivity index is 1.40. The van der Waals surface area contributed by atoms with Gasteiger partial charge in [0, 0.05) is 30.5 Å². The van der Waals surface area contributed by atoms with E-state index in [0.717, 1.165) is 47.9 Å². The van der Waals surface area contributed by atoms with Crippen molar-refractivity contribution in [2.45, 2.75) is 38.9 Å². The summed E-state index contributed by atoms with van der Waals surface area (Å²) in [6.07, 6.45) is 3.57. The van der Waals surface area contributed by atoms with E-state index in [9.17, 15) is 0 Å². The molecule has 0 saturated carbocycles. The fourth-order valence-corrected chi connectivity index (χ4v) is 3.30. The third-order valence-corrected chi connectivity index (χ3v) is 4.73. The van der Waals surface area contributed by atoms with Crippen LogP contribution in [0.25, 0.3) is 11.0 Å². The predicted molar refractivity (Wildman–Crippen MR) is 96.4 cm³/mol. The van der Waals surface area contributed by atoms with Crippen molar-refractivity contribution in [3.05, 3.63) is 47.7 Å². The number of furan rings is 1. The Labute approximate surface area is 146 Å². The predicted octanol–water partition coefficient (Wildman–Crippen LogP) is 2.01. The van der Waals surface area contributed by atoms with Crippen molar-refractivity contribution in [2.75, 3.05) is 7.05 Å². The first-order valence-electron chi connectivity index (χ1n) is 8.55. The maximum atomic E-state index is 5.95. The third kappa shape index (κ3) is 3.09. The average Bonchev–Trinajstić information content (AvgIpc) is 3.23. The highest BCUT2D eigenvalue weighted by atomic mass is 16.3. The lowest BCUT2D eigenvalue weighted by Gasteiger charge is -2.25. The molecule has 2 aromatic heterocycles. The van der Waals surface area contributed by atoms with E-state index < -0.39 is 0 Å². The van der Waals surface area contributed by atoms with Crippen LogP contribution in [0, 0.1) is 6.92 Å². The summed E-state index contributed by atoms with van der Waals surface area (Å²) in [5.74, 6) is 2.76. The SMILES string of the molecule is CN=C(NCc1oc2ccccc2c1C)NC1CCc2ncnn2C1. The van der Waals surface area contributed by atoms with Crippen molar-refractivity contribution in [2.24, 2.45) is 4.99 Å². The number of aromatic nitrogens is 3. The summed E-state index contributed by atoms with van der Waals surface area (Å²) in [6, 6.07) is 8.39. The van der Waals surface area contributed by atoms with Crippen LogP contribution < -0.4 is 10.6 Å². The second-order valence-electron chi connectivity index (χ2n) is 6.31. The number of fused-ring (bicyclic) bond motifs is 2. The van der Waals surface area contributed by atoms with Crippen LogP contribution in [0.4, 0.5) is 0 Å². The number of para-hydroxylation sites is 1. The minimum absolute atomic E-state index is 0.289. The summed E-state index contributed by atoms with van der Waals surface area (Å²) < 4.78 is 7.91. The van der Waals surface area contributed by atoms with Crippen LogP contribution in [0.5, 0.6) is 0 Å². The summed E-state index contributed by atoms with van der Waals surface area (Å²) in [6.45, 7) is 3.49. The molecule has 1 aliphatic heterocycles. The molecule has 3 heterocycles. The Morgan fingerprint density at radius 2 is 2.28 bits per heavy atom. The molecular weight excluding hydrogens is 316 g/mol. The van der Waals surface area contributed by atoms with Crippen molar-refractivity contribution in [3.63, 3.8) is 0 Å². The van der Waals surface area contributed by atoms with Crippen molar-refractivity contribution >= 4 is 16.9 Å². The standard InChI is InChI=1S/C18H22N6O/c1-12-14-5-3-4-6-15(14)25-16(12)9-20-18(19-2)23-13-7-8-17-21-11-22-24(17)10-13/h3-6,11,13H,7-10H2,1-2H3,(H2,19,20,23). The lowest BCUT2D eigenvalue weighted by Crippen LogP contribution is -2.46. The van der Waals surface area contributed by atoms with Gasteiger partial charge in [0.1, 0.15) is 23.5 Å². The Morgan fingerprint density at radius 3 is 3.12 bits per heavy atom. The number of hydrogen-bond donors (Lipinski definition) is 2. The highest BCUT2D eigenvalue weighted by Crippen LogP contribution is 2.24. The normalized spacial score (nSPS) is 17.5. The molecule has 0 saturated heterocycles. The van der Waals surface area contributed by atoms with E-state index in [4.69, 9.17) is 4.42 Å². The number of rotatable bonds is 3. The molecule has 0 amide bonds. The van der Waals surface area contributed by atoms with Gasteiger partial charge in [-0.3, -0.25) is 4.99 Å². The molecule has 130 valence electrons. The molecule has 1 aliphatic rings. The molecule has 3 aromatic rings. The van der Waals surface area contributed by atoms with Crippen LogP contribution in [0.1, 0.15) is 23.6 Å². The molecule has 0 fully saturated rings. The van der Waals surface area contributed by atoms with E-state index >= 15 is 0 Å². The lowest BCUT2D eigenvalue weighted by molar-refractivity contribution is 0.392. The van der Waals surface area contributed by atoms with Crippen molar-refractivity contribution < 1.29 is 4.42 Å². The van der Waals surface area contributed by atoms with Gasteiger partial charge in [-0.25, -0.2) is 9.67 Å². The van der Waals surface area contributed by atoms with Crippen molar-refractivity contribution in [3.8, 4) is 0 Å². The minimum Gasteiger partial charge on any atom is -0.459 e. The summed E-state index contributed by atoms with van der Waals surface area (Å²) in [7, 11) is 1.78. The Morgan fingerprint density at radius 1 is 1.40 bits per heavy atom. The number of benzene rings is 1. The average molecular weight is 338 g/mol. The molecule has 0 radical (unpaired) electrons. The van der Waals surface area contributed by atoms with Crippen LogP contribution in [-0.4, -0.2) is 33.8 Å². The number of nitrogens with one attached hydrogen (secondary N) is 2. The molecule has 4 rings (SSSR count). The van der Waals surface area contributed by atoms with Crippen molar-refractivity contribution in [1.29, 1.82) is 0 Å². The second-order valence-corrected chi connectivity index (χ2v) is 6.31. The highest BCUT2D eigenvalue weighted by molar-refractivity contribution is 5.83. The smallest absolute Gasteiger partial charge is 0.191 e. The van der Waals surface area contributed by atoms with Gasteiger partial charge in [-0.2, -0.15) is 5.10 Å². The zero-order chi connectivity index (χ0) is 17.2. The van der Waals surface area contributed by atoms with Crippen LogP contribution in [-0.2, 0) is 19.5 Å². The third-order valence-electron chi connectivity index (χ3n) is 4.73. The van der Waals surface area contributed by atoms with Crippen LogP contribution >= 0.6 is 0 Å². The molecule has 2 N–H and O–H groups in total. The topological polar surface area (TPSA) is 80.3 Å². The Bertz CT molecular complexity index is 909. The molecule has 0 bridgehead atoms. The fourth-order valence-electron chi connectivity index (χ4n) is 3.30. The van der Waals surface area contributed by atoms with Gasteiger partial charge in [-0.15, -0.1) is 0 Å². The van der Waals surface area contributed by atoms with E-state index in [1.807, 2.05) is 22.9 Å². The molecule has 7 nitrogen and oxygen atoms in total. The first-order chi connectivity index (χ1) is 12.2. The van der Waals surface area contributed by atoms with Gasteiger partial charge in [-0.1, -0.05) is 18.2 Å². The first-order valence-corrected chi connectivity index (χ1v) is 8.55. The molecule has 0 aliphatic carbocycles. The first kappa shape index (κ1) is 15.7. The Hall–Kier alpha value is -2.83. The van der Waals surface area contributed by atoms with Gasteiger partial charge in [0.05, 0.1) is 13.1 Å². The largest absolute Gasteiger partial charge is 0.459 e. The van der Waals surface area contributed by atoms with E-state index in [1.165, 1.54) is 5.56 Å². The monoisotopic (exact) mass is 338 g/mol. The number of hydrogen-bond acceptors (Lipinski definition) is 4. The van der Waals surface area contributed by atoms with Gasteiger partial charge in [-0.05, 0) is 19.4 Å². The molecule has 1 aromatic carbocycles. The van der Waals surface area contributed by atoms with E-state index in [-0.39, 0.29) is 6.04 Å². The van der Waals surface area contributed by atoms with Gasteiger partial charge in [0.25, 0.3) is 0 Å². The minimum atomic E-state index is 0.289. The summed E-state index contributed by atoms with van der Waals surface area (Å²) in [5, 5.41) is 12.2. The number of aryl methyl sites for hydroxylation is 2. The van der Waals surface area contributed by atoms with E-state index in [1.54, 1.807) is 13.4 Å². The maximum absolute atomic E-state index is 5.95. The lowest BCUT2D eigenvalue weighted by atomic mass is 10.1. The van der Waals surface area contributed by atoms with Crippen molar-refractivity contribution in [1.82, 2.24) is 25.4 Å². The number of aliphatic imine (C=N–C) groups is 1. The molecule has 25 heavy (non-hydrogen) atoms. The molecular formula is C18H22N6O. The Kier molecular flexibility index (Phi) is 4.13. The molecule has 7 heteroatoms. The van der Waals surface area contributed by atoms with E-state index in [2.05, 4.69) is 38.7 Å². The summed E-state index contributed by atoms with van der Waals surface area (Å²) in [4.78, 5) is 8.59. The molecule has 0 spiro atoms.